The summed E-state index contributed by atoms with van der Waals surface area (Å²) in [5, 5.41) is 2.85. The predicted molar refractivity (Wildman–Crippen MR) is 109 cm³/mol. The number of nitrogens with zero attached hydrogens (tertiary/aromatic N) is 3. The number of carbonyl (C=O) groups excluding carboxylic acids is 1. The number of sulfonamides is 1. The summed E-state index contributed by atoms with van der Waals surface area (Å²) in [6.45, 7) is 1.81. The molecule has 2 N–H and O–H groups in total. The number of hydrogen-bond acceptors (Lipinski definition) is 4. The van der Waals surface area contributed by atoms with Crippen LogP contribution in [0, 0.1) is 0 Å². The fourth-order valence-electron chi connectivity index (χ4n) is 2.79. The Morgan fingerprint density at radius 2 is 1.71 bits per heavy atom. The van der Waals surface area contributed by atoms with Gasteiger partial charge in [0.2, 0.25) is 10.0 Å². The lowest BCUT2D eigenvalue weighted by atomic mass is 10.3. The molecule has 28 heavy (non-hydrogen) atoms. The lowest BCUT2D eigenvalue weighted by molar-refractivity contribution is 0.244. The van der Waals surface area contributed by atoms with Gasteiger partial charge in [0, 0.05) is 21.1 Å². The molecule has 148 valence electrons. The van der Waals surface area contributed by atoms with E-state index in [1.807, 2.05) is 31.2 Å². The smallest absolute Gasteiger partial charge is 0.322 e. The van der Waals surface area contributed by atoms with Gasteiger partial charge in [0.1, 0.15) is 10.7 Å². The van der Waals surface area contributed by atoms with Gasteiger partial charge in [-0.1, -0.05) is 24.3 Å². The monoisotopic (exact) mass is 401 g/mol. The van der Waals surface area contributed by atoms with Crippen LogP contribution >= 0.6 is 0 Å². The van der Waals surface area contributed by atoms with Gasteiger partial charge in [-0.25, -0.2) is 22.5 Å². The molecule has 2 amide bonds. The molecule has 0 aliphatic rings. The average molecular weight is 401 g/mol. The van der Waals surface area contributed by atoms with E-state index >= 15 is 0 Å². The van der Waals surface area contributed by atoms with Gasteiger partial charge in [-0.3, -0.25) is 4.90 Å². The molecule has 3 aromatic rings. The Morgan fingerprint density at radius 1 is 1.07 bits per heavy atom. The van der Waals surface area contributed by atoms with Crippen molar-refractivity contribution < 1.29 is 13.2 Å². The summed E-state index contributed by atoms with van der Waals surface area (Å²) in [6, 6.07) is 13.2. The highest BCUT2D eigenvalue weighted by molar-refractivity contribution is 7.89. The number of amides is 2. The fourth-order valence-corrected chi connectivity index (χ4v) is 3.90. The van der Waals surface area contributed by atoms with Crippen molar-refractivity contribution in [1.82, 2.24) is 19.6 Å². The molecule has 2 aromatic carbocycles. The van der Waals surface area contributed by atoms with Crippen molar-refractivity contribution in [3.8, 4) is 0 Å². The number of imidazole rings is 1. The van der Waals surface area contributed by atoms with Gasteiger partial charge in [0.05, 0.1) is 22.8 Å². The van der Waals surface area contributed by atoms with Gasteiger partial charge in [0.25, 0.3) is 0 Å². The Hall–Kier alpha value is -2.91. The summed E-state index contributed by atoms with van der Waals surface area (Å²) < 4.78 is 26.3. The second-order valence-corrected chi connectivity index (χ2v) is 8.74. The molecule has 0 aliphatic heterocycles. The summed E-state index contributed by atoms with van der Waals surface area (Å²) in [5.74, 6) is 0.622. The second-order valence-electron chi connectivity index (χ2n) is 6.62. The fraction of sp³-hybridized carbons (Fsp3) is 0.263. The van der Waals surface area contributed by atoms with Crippen LogP contribution in [0.15, 0.2) is 53.4 Å². The summed E-state index contributed by atoms with van der Waals surface area (Å²) >= 11 is 0. The molecule has 0 saturated carbocycles. The number of rotatable bonds is 5. The minimum atomic E-state index is -3.69. The standard InChI is InChI=1S/C19H23N5O3S/c1-13(18-21-14-9-5-6-10-15(14)22-18)20-19(25)24(4)16-11-7-8-12-17(16)28(26,27)23(2)3/h5-13H,1-4H3,(H,20,25)(H,21,22). The molecular formula is C19H23N5O3S. The summed E-state index contributed by atoms with van der Waals surface area (Å²) in [7, 11) is 0.750. The summed E-state index contributed by atoms with van der Waals surface area (Å²) in [4.78, 5) is 21.8. The Bertz CT molecular complexity index is 1070. The highest BCUT2D eigenvalue weighted by Gasteiger charge is 2.25. The number of H-pyrrole nitrogens is 1. The van der Waals surface area contributed by atoms with Crippen LogP contribution in [0.1, 0.15) is 18.8 Å². The third-order valence-corrected chi connectivity index (χ3v) is 6.31. The Morgan fingerprint density at radius 3 is 2.39 bits per heavy atom. The molecule has 0 spiro atoms. The molecule has 0 fully saturated rings. The van der Waals surface area contributed by atoms with E-state index in [-0.39, 0.29) is 10.9 Å². The van der Waals surface area contributed by atoms with Crippen LogP contribution in [0.5, 0.6) is 0 Å². The van der Waals surface area contributed by atoms with Crippen molar-refractivity contribution >= 4 is 32.8 Å². The second kappa shape index (κ2) is 7.61. The van der Waals surface area contributed by atoms with Crippen LogP contribution in [-0.4, -0.2) is 49.9 Å². The van der Waals surface area contributed by atoms with Crippen LogP contribution in [0.3, 0.4) is 0 Å². The molecule has 1 heterocycles. The first-order valence-corrected chi connectivity index (χ1v) is 10.2. The van der Waals surface area contributed by atoms with E-state index in [0.29, 0.717) is 11.5 Å². The number of nitrogens with one attached hydrogen (secondary N) is 2. The number of aromatic nitrogens is 2. The molecular weight excluding hydrogens is 378 g/mol. The number of hydrogen-bond donors (Lipinski definition) is 2. The van der Waals surface area contributed by atoms with Crippen molar-refractivity contribution in [3.05, 3.63) is 54.4 Å². The molecule has 3 rings (SSSR count). The zero-order chi connectivity index (χ0) is 20.5. The number of carbonyl (C=O) groups is 1. The SMILES string of the molecule is CC(NC(=O)N(C)c1ccccc1S(=O)(=O)N(C)C)c1nc2ccccc2[nH]1. The van der Waals surface area contributed by atoms with Crippen molar-refractivity contribution in [3.63, 3.8) is 0 Å². The number of anilines is 1. The van der Waals surface area contributed by atoms with Crippen molar-refractivity contribution in [2.75, 3.05) is 26.0 Å². The summed E-state index contributed by atoms with van der Waals surface area (Å²) in [6.07, 6.45) is 0. The first-order chi connectivity index (χ1) is 13.2. The molecule has 8 nitrogen and oxygen atoms in total. The molecule has 1 unspecified atom stereocenters. The van der Waals surface area contributed by atoms with Crippen LogP contribution in [-0.2, 0) is 10.0 Å². The zero-order valence-electron chi connectivity index (χ0n) is 16.2. The van der Waals surface area contributed by atoms with E-state index < -0.39 is 16.1 Å². The predicted octanol–water partition coefficient (Wildman–Crippen LogP) is 2.72. The highest BCUT2D eigenvalue weighted by Crippen LogP contribution is 2.26. The quantitative estimate of drug-likeness (QED) is 0.687. The lowest BCUT2D eigenvalue weighted by Crippen LogP contribution is -2.40. The molecule has 0 bridgehead atoms. The van der Waals surface area contributed by atoms with Crippen molar-refractivity contribution in [2.24, 2.45) is 0 Å². The molecule has 0 radical (unpaired) electrons. The van der Waals surface area contributed by atoms with Gasteiger partial charge in [-0.05, 0) is 31.2 Å². The third kappa shape index (κ3) is 3.71. The molecule has 0 aliphatic carbocycles. The van der Waals surface area contributed by atoms with Gasteiger partial charge in [-0.2, -0.15) is 0 Å². The first kappa shape index (κ1) is 19.8. The van der Waals surface area contributed by atoms with Crippen LogP contribution < -0.4 is 10.2 Å². The van der Waals surface area contributed by atoms with E-state index in [0.717, 1.165) is 15.3 Å². The van der Waals surface area contributed by atoms with E-state index in [1.165, 1.54) is 32.1 Å². The van der Waals surface area contributed by atoms with Crippen molar-refractivity contribution in [1.29, 1.82) is 0 Å². The van der Waals surface area contributed by atoms with E-state index in [2.05, 4.69) is 15.3 Å². The maximum Gasteiger partial charge on any atom is 0.322 e. The van der Waals surface area contributed by atoms with E-state index in [9.17, 15) is 13.2 Å². The number of aromatic amines is 1. The molecule has 9 heteroatoms. The molecule has 1 aromatic heterocycles. The number of benzene rings is 2. The first-order valence-electron chi connectivity index (χ1n) is 8.72. The minimum absolute atomic E-state index is 0.0639. The lowest BCUT2D eigenvalue weighted by Gasteiger charge is -2.24. The number of para-hydroxylation sites is 3. The van der Waals surface area contributed by atoms with Gasteiger partial charge in [0.15, 0.2) is 0 Å². The zero-order valence-corrected chi connectivity index (χ0v) is 17.0. The third-order valence-electron chi connectivity index (χ3n) is 4.45. The maximum atomic E-state index is 12.8. The topological polar surface area (TPSA) is 98.4 Å². The average Bonchev–Trinajstić information content (AvgIpc) is 3.11. The van der Waals surface area contributed by atoms with Gasteiger partial charge < -0.3 is 10.3 Å². The molecule has 0 saturated heterocycles. The van der Waals surface area contributed by atoms with Crippen molar-refractivity contribution in [2.45, 2.75) is 17.9 Å². The summed E-state index contributed by atoms with van der Waals surface area (Å²) in [5.41, 5.74) is 1.99. The number of urea groups is 1. The van der Waals surface area contributed by atoms with E-state index in [4.69, 9.17) is 0 Å². The van der Waals surface area contributed by atoms with Crippen LogP contribution in [0.4, 0.5) is 10.5 Å². The largest absolute Gasteiger partial charge is 0.340 e. The van der Waals surface area contributed by atoms with Crippen LogP contribution in [0.25, 0.3) is 11.0 Å². The Labute approximate surface area is 164 Å². The maximum absolute atomic E-state index is 12.8. The van der Waals surface area contributed by atoms with Gasteiger partial charge in [-0.15, -0.1) is 0 Å². The van der Waals surface area contributed by atoms with E-state index in [1.54, 1.807) is 18.2 Å². The number of fused-ring (bicyclic) bond motifs is 1. The normalized spacial score (nSPS) is 12.9. The van der Waals surface area contributed by atoms with Crippen LogP contribution in [0.2, 0.25) is 0 Å². The highest BCUT2D eigenvalue weighted by atomic mass is 32.2. The minimum Gasteiger partial charge on any atom is -0.340 e. The Balaban J connectivity index is 1.83. The Kier molecular flexibility index (Phi) is 5.39. The molecule has 1 atom stereocenters. The van der Waals surface area contributed by atoms with Gasteiger partial charge >= 0.3 is 6.03 Å².